The molecule has 3 atom stereocenters. The Labute approximate surface area is 198 Å². The Morgan fingerprint density at radius 1 is 0.882 bits per heavy atom. The highest BCUT2D eigenvalue weighted by Crippen LogP contribution is 2.39. The molecule has 5 rings (SSSR count). The molecule has 0 spiro atoms. The fraction of sp³-hybridized carbons (Fsp3) is 0.333. The molecule has 0 saturated carbocycles. The van der Waals surface area contributed by atoms with E-state index in [4.69, 9.17) is 4.74 Å². The largest absolute Gasteiger partial charge is 0.426 e. The third-order valence-corrected chi connectivity index (χ3v) is 7.00. The Bertz CT molecular complexity index is 1210. The van der Waals surface area contributed by atoms with Gasteiger partial charge in [0.05, 0.1) is 23.4 Å². The van der Waals surface area contributed by atoms with Crippen LogP contribution in [0, 0.1) is 31.6 Å². The summed E-state index contributed by atoms with van der Waals surface area (Å²) in [6.07, 6.45) is 5.18. The highest BCUT2D eigenvalue weighted by atomic mass is 16.5. The van der Waals surface area contributed by atoms with Crippen LogP contribution >= 0.6 is 0 Å². The number of para-hydroxylation sites is 1. The Hall–Kier alpha value is -3.74. The fourth-order valence-corrected chi connectivity index (χ4v) is 5.14. The number of anilines is 2. The van der Waals surface area contributed by atoms with Gasteiger partial charge in [-0.25, -0.2) is 4.90 Å². The van der Waals surface area contributed by atoms with E-state index in [0.29, 0.717) is 29.8 Å². The first-order valence-electron chi connectivity index (χ1n) is 11.6. The third-order valence-electron chi connectivity index (χ3n) is 7.00. The van der Waals surface area contributed by atoms with Gasteiger partial charge in [0.1, 0.15) is 5.75 Å². The van der Waals surface area contributed by atoms with Crippen molar-refractivity contribution in [2.45, 2.75) is 33.1 Å². The average molecular weight is 459 g/mol. The van der Waals surface area contributed by atoms with Crippen LogP contribution < -0.4 is 14.5 Å². The van der Waals surface area contributed by atoms with Crippen molar-refractivity contribution in [2.75, 3.05) is 16.3 Å². The minimum atomic E-state index is -0.565. The molecule has 0 unspecified atom stereocenters. The summed E-state index contributed by atoms with van der Waals surface area (Å²) in [7, 11) is 0. The van der Waals surface area contributed by atoms with Gasteiger partial charge in [0, 0.05) is 18.7 Å². The minimum Gasteiger partial charge on any atom is -0.426 e. The number of carbonyl (C=O) groups is 4. The van der Waals surface area contributed by atoms with Gasteiger partial charge in [0.2, 0.25) is 17.7 Å². The molecule has 1 aliphatic carbocycles. The van der Waals surface area contributed by atoms with Crippen molar-refractivity contribution < 1.29 is 23.9 Å². The maximum atomic E-state index is 12.9. The van der Waals surface area contributed by atoms with Crippen LogP contribution in [-0.2, 0) is 19.2 Å². The number of fused-ring (bicyclic) bond motifs is 1. The summed E-state index contributed by atoms with van der Waals surface area (Å²) in [5, 5.41) is 0. The van der Waals surface area contributed by atoms with Crippen LogP contribution in [0.2, 0.25) is 0 Å². The molecule has 0 radical (unpaired) electrons. The molecule has 2 saturated heterocycles. The number of nitrogens with zero attached hydrogens (tertiary/aromatic N) is 2. The molecular weight excluding hydrogens is 432 g/mol. The molecule has 7 nitrogen and oxygen atoms in total. The number of ether oxygens (including phenoxy) is 1. The van der Waals surface area contributed by atoms with E-state index in [1.807, 2.05) is 43.3 Å². The van der Waals surface area contributed by atoms with Crippen LogP contribution in [0.3, 0.4) is 0 Å². The Morgan fingerprint density at radius 3 is 2.21 bits per heavy atom. The summed E-state index contributed by atoms with van der Waals surface area (Å²) < 4.78 is 5.59. The van der Waals surface area contributed by atoms with E-state index in [9.17, 15) is 19.2 Å². The molecule has 7 heteroatoms. The second-order valence-corrected chi connectivity index (χ2v) is 9.23. The summed E-state index contributed by atoms with van der Waals surface area (Å²) in [4.78, 5) is 54.1. The Kier molecular flexibility index (Phi) is 5.55. The van der Waals surface area contributed by atoms with Crippen molar-refractivity contribution in [1.82, 2.24) is 0 Å². The number of allylic oxidation sites excluding steroid dienone is 2. The zero-order valence-electron chi connectivity index (χ0n) is 19.2. The number of carbonyl (C=O) groups excluding carboxylic acids is 4. The van der Waals surface area contributed by atoms with Gasteiger partial charge in [-0.05, 0) is 62.1 Å². The molecule has 0 aromatic heterocycles. The first kappa shape index (κ1) is 22.1. The highest BCUT2D eigenvalue weighted by Gasteiger charge is 2.48. The number of esters is 1. The van der Waals surface area contributed by atoms with E-state index in [-0.39, 0.29) is 42.5 Å². The van der Waals surface area contributed by atoms with Crippen LogP contribution in [0.15, 0.2) is 54.6 Å². The van der Waals surface area contributed by atoms with Crippen LogP contribution in [0.4, 0.5) is 11.4 Å². The normalized spacial score (nSPS) is 24.1. The summed E-state index contributed by atoms with van der Waals surface area (Å²) in [6.45, 7) is 3.99. The number of benzene rings is 2. The van der Waals surface area contributed by atoms with Crippen LogP contribution in [0.25, 0.3) is 0 Å². The quantitative estimate of drug-likeness (QED) is 0.302. The van der Waals surface area contributed by atoms with Gasteiger partial charge in [-0.2, -0.15) is 0 Å². The third kappa shape index (κ3) is 3.71. The average Bonchev–Trinajstić information content (AvgIpc) is 3.33. The lowest BCUT2D eigenvalue weighted by molar-refractivity contribution is -0.139. The number of hydrogen-bond acceptors (Lipinski definition) is 5. The van der Waals surface area contributed by atoms with Gasteiger partial charge in [0.15, 0.2) is 0 Å². The number of hydrogen-bond donors (Lipinski definition) is 0. The minimum absolute atomic E-state index is 0.0951. The van der Waals surface area contributed by atoms with E-state index in [2.05, 4.69) is 0 Å². The molecule has 0 bridgehead atoms. The van der Waals surface area contributed by atoms with Crippen molar-refractivity contribution in [2.24, 2.45) is 17.8 Å². The Balaban J connectivity index is 1.29. The zero-order chi connectivity index (χ0) is 24.0. The Morgan fingerprint density at radius 2 is 1.56 bits per heavy atom. The van der Waals surface area contributed by atoms with Gasteiger partial charge < -0.3 is 9.64 Å². The molecule has 3 amide bonds. The van der Waals surface area contributed by atoms with Gasteiger partial charge in [-0.1, -0.05) is 30.4 Å². The van der Waals surface area contributed by atoms with Crippen molar-refractivity contribution in [3.63, 3.8) is 0 Å². The summed E-state index contributed by atoms with van der Waals surface area (Å²) in [5.74, 6) is -1.76. The maximum absolute atomic E-state index is 12.9. The van der Waals surface area contributed by atoms with E-state index < -0.39 is 11.9 Å². The first-order chi connectivity index (χ1) is 16.3. The monoisotopic (exact) mass is 458 g/mol. The molecule has 2 fully saturated rings. The van der Waals surface area contributed by atoms with Gasteiger partial charge in [-0.15, -0.1) is 0 Å². The number of imide groups is 1. The lowest BCUT2D eigenvalue weighted by atomic mass is 9.85. The van der Waals surface area contributed by atoms with Crippen molar-refractivity contribution in [3.05, 3.63) is 65.7 Å². The molecular formula is C27H26N2O5. The topological polar surface area (TPSA) is 84.0 Å². The van der Waals surface area contributed by atoms with Crippen molar-refractivity contribution in [3.8, 4) is 5.75 Å². The standard InChI is InChI=1S/C27H26N2O5/c1-16-7-3-6-10-22(16)28-15-18(14-24(28)30)27(33)34-19-11-12-23(17(2)13-19)29-25(31)20-8-4-5-9-21(20)26(29)32/h3-7,10-13,18,20-21H,8-9,14-15H2,1-2H3/t18-,20-,21+/m0/s1. The predicted molar refractivity (Wildman–Crippen MR) is 126 cm³/mol. The molecule has 2 aromatic rings. The van der Waals surface area contributed by atoms with E-state index in [1.54, 1.807) is 30.0 Å². The maximum Gasteiger partial charge on any atom is 0.316 e. The first-order valence-corrected chi connectivity index (χ1v) is 11.6. The van der Waals surface area contributed by atoms with Crippen molar-refractivity contribution in [1.29, 1.82) is 0 Å². The van der Waals surface area contributed by atoms with E-state index >= 15 is 0 Å². The molecule has 174 valence electrons. The highest BCUT2D eigenvalue weighted by molar-refractivity contribution is 6.22. The lowest BCUT2D eigenvalue weighted by Gasteiger charge is -2.19. The zero-order valence-corrected chi connectivity index (χ0v) is 19.2. The molecule has 2 aromatic carbocycles. The summed E-state index contributed by atoms with van der Waals surface area (Å²) in [5.41, 5.74) is 2.96. The molecule has 0 N–H and O–H groups in total. The van der Waals surface area contributed by atoms with Crippen molar-refractivity contribution >= 4 is 35.1 Å². The number of amides is 3. The van der Waals surface area contributed by atoms with Gasteiger partial charge in [0.25, 0.3) is 0 Å². The SMILES string of the molecule is Cc1ccccc1N1C[C@@H](C(=O)Oc2ccc(N3C(=O)[C@H]4CC=CC[C@H]4C3=O)c(C)c2)CC1=O. The molecule has 3 aliphatic rings. The number of rotatable bonds is 4. The van der Waals surface area contributed by atoms with Gasteiger partial charge >= 0.3 is 5.97 Å². The van der Waals surface area contributed by atoms with E-state index in [1.165, 1.54) is 4.90 Å². The predicted octanol–water partition coefficient (Wildman–Crippen LogP) is 3.72. The smallest absolute Gasteiger partial charge is 0.316 e. The van der Waals surface area contributed by atoms with Gasteiger partial charge in [-0.3, -0.25) is 19.2 Å². The molecule has 2 aliphatic heterocycles. The molecule has 34 heavy (non-hydrogen) atoms. The summed E-state index contributed by atoms with van der Waals surface area (Å²) >= 11 is 0. The van der Waals surface area contributed by atoms with Crippen LogP contribution in [0.5, 0.6) is 5.75 Å². The second kappa shape index (κ2) is 8.56. The van der Waals surface area contributed by atoms with E-state index in [0.717, 1.165) is 11.3 Å². The second-order valence-electron chi connectivity index (χ2n) is 9.23. The molecule has 2 heterocycles. The number of aryl methyl sites for hydroxylation is 2. The summed E-state index contributed by atoms with van der Waals surface area (Å²) in [6, 6.07) is 12.5. The lowest BCUT2D eigenvalue weighted by Crippen LogP contribution is -2.31. The fourth-order valence-electron chi connectivity index (χ4n) is 5.14. The van der Waals surface area contributed by atoms with Crippen LogP contribution in [-0.4, -0.2) is 30.2 Å². The van der Waals surface area contributed by atoms with Crippen LogP contribution in [0.1, 0.15) is 30.4 Å².